The van der Waals surface area contributed by atoms with Gasteiger partial charge in [-0.05, 0) is 30.7 Å². The molecule has 1 aromatic carbocycles. The summed E-state index contributed by atoms with van der Waals surface area (Å²) in [4.78, 5) is 10.2. The topological polar surface area (TPSA) is 49.3 Å². The van der Waals surface area contributed by atoms with Crippen molar-refractivity contribution in [1.82, 2.24) is 5.32 Å². The third-order valence-corrected chi connectivity index (χ3v) is 2.27. The standard InChI is InChI=1S/C11H14ClNO2/c12-10-3-1-9(2-4-10)5-7-13-8-6-11(14)15/h1-4,13H,5-8H2,(H,14,15). The van der Waals surface area contributed by atoms with E-state index in [0.29, 0.717) is 6.54 Å². The first-order valence-corrected chi connectivity index (χ1v) is 5.23. The maximum Gasteiger partial charge on any atom is 0.304 e. The van der Waals surface area contributed by atoms with Gasteiger partial charge in [0.25, 0.3) is 0 Å². The van der Waals surface area contributed by atoms with Crippen molar-refractivity contribution >= 4 is 17.6 Å². The van der Waals surface area contributed by atoms with Crippen LogP contribution in [0.2, 0.25) is 5.02 Å². The number of benzene rings is 1. The largest absolute Gasteiger partial charge is 0.481 e. The van der Waals surface area contributed by atoms with Gasteiger partial charge in [-0.15, -0.1) is 0 Å². The highest BCUT2D eigenvalue weighted by Crippen LogP contribution is 2.09. The molecule has 3 nitrogen and oxygen atoms in total. The number of nitrogens with one attached hydrogen (secondary N) is 1. The van der Waals surface area contributed by atoms with Crippen LogP contribution in [0.5, 0.6) is 0 Å². The van der Waals surface area contributed by atoms with Crippen LogP contribution in [0.25, 0.3) is 0 Å². The average Bonchev–Trinajstić information content (AvgIpc) is 2.20. The monoisotopic (exact) mass is 227 g/mol. The Morgan fingerprint density at radius 1 is 1.27 bits per heavy atom. The Kier molecular flexibility index (Phi) is 5.15. The van der Waals surface area contributed by atoms with Crippen molar-refractivity contribution in [2.45, 2.75) is 12.8 Å². The van der Waals surface area contributed by atoms with Crippen LogP contribution in [0.3, 0.4) is 0 Å². The quantitative estimate of drug-likeness (QED) is 0.731. The number of carbonyl (C=O) groups is 1. The minimum atomic E-state index is -0.769. The Morgan fingerprint density at radius 3 is 2.53 bits per heavy atom. The number of hydrogen-bond donors (Lipinski definition) is 2. The van der Waals surface area contributed by atoms with Gasteiger partial charge in [0.2, 0.25) is 0 Å². The van der Waals surface area contributed by atoms with Crippen LogP contribution in [0, 0.1) is 0 Å². The molecule has 0 bridgehead atoms. The zero-order valence-electron chi connectivity index (χ0n) is 8.37. The minimum absolute atomic E-state index is 0.167. The van der Waals surface area contributed by atoms with Crippen LogP contribution >= 0.6 is 11.6 Å². The lowest BCUT2D eigenvalue weighted by Crippen LogP contribution is -2.20. The third-order valence-electron chi connectivity index (χ3n) is 2.02. The first-order valence-electron chi connectivity index (χ1n) is 4.85. The summed E-state index contributed by atoms with van der Waals surface area (Å²) >= 11 is 5.75. The van der Waals surface area contributed by atoms with Crippen molar-refractivity contribution in [2.75, 3.05) is 13.1 Å². The second-order valence-corrected chi connectivity index (χ2v) is 3.71. The van der Waals surface area contributed by atoms with E-state index in [9.17, 15) is 4.79 Å². The Hall–Kier alpha value is -1.06. The molecule has 1 aromatic rings. The Morgan fingerprint density at radius 2 is 1.93 bits per heavy atom. The van der Waals surface area contributed by atoms with E-state index >= 15 is 0 Å². The van der Waals surface area contributed by atoms with Crippen LogP contribution in [0.15, 0.2) is 24.3 Å². The molecule has 0 atom stereocenters. The van der Waals surface area contributed by atoms with E-state index in [-0.39, 0.29) is 6.42 Å². The van der Waals surface area contributed by atoms with Crippen molar-refractivity contribution in [2.24, 2.45) is 0 Å². The van der Waals surface area contributed by atoms with Crippen molar-refractivity contribution in [1.29, 1.82) is 0 Å². The summed E-state index contributed by atoms with van der Waals surface area (Å²) in [5.41, 5.74) is 1.20. The minimum Gasteiger partial charge on any atom is -0.481 e. The maximum absolute atomic E-state index is 10.2. The fourth-order valence-electron chi connectivity index (χ4n) is 1.20. The van der Waals surface area contributed by atoms with Gasteiger partial charge in [0.05, 0.1) is 6.42 Å². The SMILES string of the molecule is O=C(O)CCNCCc1ccc(Cl)cc1. The van der Waals surface area contributed by atoms with Crippen LogP contribution in [-0.2, 0) is 11.2 Å². The number of rotatable bonds is 6. The highest BCUT2D eigenvalue weighted by molar-refractivity contribution is 6.30. The fourth-order valence-corrected chi connectivity index (χ4v) is 1.33. The number of carboxylic acid groups (broad SMARTS) is 1. The zero-order valence-corrected chi connectivity index (χ0v) is 9.13. The maximum atomic E-state index is 10.2. The summed E-state index contributed by atoms with van der Waals surface area (Å²) in [6.07, 6.45) is 1.05. The normalized spacial score (nSPS) is 10.2. The smallest absolute Gasteiger partial charge is 0.304 e. The average molecular weight is 228 g/mol. The van der Waals surface area contributed by atoms with Crippen LogP contribution in [0.4, 0.5) is 0 Å². The molecule has 0 aliphatic carbocycles. The molecule has 82 valence electrons. The molecule has 0 heterocycles. The van der Waals surface area contributed by atoms with E-state index in [0.717, 1.165) is 18.0 Å². The second kappa shape index (κ2) is 6.43. The van der Waals surface area contributed by atoms with E-state index in [2.05, 4.69) is 5.32 Å². The van der Waals surface area contributed by atoms with Crippen molar-refractivity contribution in [3.63, 3.8) is 0 Å². The van der Waals surface area contributed by atoms with Gasteiger partial charge in [0.1, 0.15) is 0 Å². The molecule has 4 heteroatoms. The van der Waals surface area contributed by atoms with Gasteiger partial charge < -0.3 is 10.4 Å². The molecular weight excluding hydrogens is 214 g/mol. The molecule has 0 spiro atoms. The summed E-state index contributed by atoms with van der Waals surface area (Å²) < 4.78 is 0. The molecule has 0 unspecified atom stereocenters. The summed E-state index contributed by atoms with van der Waals surface area (Å²) in [5.74, 6) is -0.769. The molecular formula is C11H14ClNO2. The lowest BCUT2D eigenvalue weighted by molar-refractivity contribution is -0.136. The Bertz CT molecular complexity index is 311. The lowest BCUT2D eigenvalue weighted by Gasteiger charge is -2.03. The van der Waals surface area contributed by atoms with Crippen LogP contribution in [0.1, 0.15) is 12.0 Å². The lowest BCUT2D eigenvalue weighted by atomic mass is 10.1. The third kappa shape index (κ3) is 5.40. The summed E-state index contributed by atoms with van der Waals surface area (Å²) in [7, 11) is 0. The fraction of sp³-hybridized carbons (Fsp3) is 0.364. The number of carboxylic acids is 1. The summed E-state index contributed by atoms with van der Waals surface area (Å²) in [6, 6.07) is 7.66. The van der Waals surface area contributed by atoms with Gasteiger partial charge in [-0.2, -0.15) is 0 Å². The first kappa shape index (κ1) is 12.0. The Labute approximate surface area is 94.1 Å². The molecule has 15 heavy (non-hydrogen) atoms. The second-order valence-electron chi connectivity index (χ2n) is 3.27. The van der Waals surface area contributed by atoms with E-state index in [1.54, 1.807) is 0 Å². The van der Waals surface area contributed by atoms with Crippen LogP contribution in [-0.4, -0.2) is 24.2 Å². The van der Waals surface area contributed by atoms with Gasteiger partial charge in [-0.25, -0.2) is 0 Å². The molecule has 0 amide bonds. The molecule has 0 fully saturated rings. The summed E-state index contributed by atoms with van der Waals surface area (Å²) in [5, 5.41) is 12.2. The molecule has 1 rings (SSSR count). The molecule has 0 radical (unpaired) electrons. The van der Waals surface area contributed by atoms with E-state index in [1.165, 1.54) is 5.56 Å². The molecule has 2 N–H and O–H groups in total. The Balaban J connectivity index is 2.15. The van der Waals surface area contributed by atoms with Crippen LogP contribution < -0.4 is 5.32 Å². The molecule has 0 saturated heterocycles. The van der Waals surface area contributed by atoms with Gasteiger partial charge >= 0.3 is 5.97 Å². The van der Waals surface area contributed by atoms with Gasteiger partial charge in [-0.1, -0.05) is 23.7 Å². The number of hydrogen-bond acceptors (Lipinski definition) is 2. The van der Waals surface area contributed by atoms with Gasteiger partial charge in [-0.3, -0.25) is 4.79 Å². The highest BCUT2D eigenvalue weighted by Gasteiger charge is 1.96. The van der Waals surface area contributed by atoms with E-state index < -0.39 is 5.97 Å². The number of aliphatic carboxylic acids is 1. The van der Waals surface area contributed by atoms with Crippen molar-refractivity contribution in [3.8, 4) is 0 Å². The van der Waals surface area contributed by atoms with Gasteiger partial charge in [0.15, 0.2) is 0 Å². The molecule has 0 aliphatic rings. The molecule has 0 saturated carbocycles. The molecule has 0 aromatic heterocycles. The van der Waals surface area contributed by atoms with Crippen molar-refractivity contribution < 1.29 is 9.90 Å². The number of halogens is 1. The summed E-state index contributed by atoms with van der Waals surface area (Å²) in [6.45, 7) is 1.30. The predicted octanol–water partition coefficient (Wildman–Crippen LogP) is 1.95. The van der Waals surface area contributed by atoms with E-state index in [1.807, 2.05) is 24.3 Å². The predicted molar refractivity (Wildman–Crippen MR) is 60.3 cm³/mol. The van der Waals surface area contributed by atoms with Crippen molar-refractivity contribution in [3.05, 3.63) is 34.9 Å². The first-order chi connectivity index (χ1) is 7.18. The van der Waals surface area contributed by atoms with E-state index in [4.69, 9.17) is 16.7 Å². The zero-order chi connectivity index (χ0) is 11.1. The highest BCUT2D eigenvalue weighted by atomic mass is 35.5. The van der Waals surface area contributed by atoms with Gasteiger partial charge in [0, 0.05) is 11.6 Å². The molecule has 0 aliphatic heterocycles.